The molecule has 1 aromatic carbocycles. The van der Waals surface area contributed by atoms with Crippen LogP contribution in [0.4, 0.5) is 0 Å². The molecule has 0 atom stereocenters. The lowest BCUT2D eigenvalue weighted by Crippen LogP contribution is -2.35. The van der Waals surface area contributed by atoms with Gasteiger partial charge in [0.2, 0.25) is 0 Å². The molecule has 0 nitrogen and oxygen atoms in total. The zero-order valence-corrected chi connectivity index (χ0v) is 20.5. The van der Waals surface area contributed by atoms with Crippen molar-refractivity contribution in [3.05, 3.63) is 21.1 Å². The molecule has 0 spiro atoms. The molecule has 0 saturated carbocycles. The van der Waals surface area contributed by atoms with E-state index in [1.54, 1.807) is 9.00 Å². The molecule has 6 heteroatoms. The van der Waals surface area contributed by atoms with Crippen molar-refractivity contribution >= 4 is 99.9 Å². The van der Waals surface area contributed by atoms with Gasteiger partial charge in [0.1, 0.15) is 0 Å². The van der Waals surface area contributed by atoms with Crippen LogP contribution in [-0.4, -0.2) is 16.1 Å². The van der Waals surface area contributed by atoms with E-state index in [9.17, 15) is 0 Å². The average molecular weight is 492 g/mol. The second-order valence-corrected chi connectivity index (χ2v) is 22.3. The number of benzene rings is 1. The maximum Gasteiger partial charge on any atom is 0.0919 e. The van der Waals surface area contributed by atoms with Gasteiger partial charge in [-0.1, -0.05) is 39.3 Å². The summed E-state index contributed by atoms with van der Waals surface area (Å²) in [6.07, 6.45) is 0. The van der Waals surface area contributed by atoms with Crippen molar-refractivity contribution < 1.29 is 0 Å². The van der Waals surface area contributed by atoms with Crippen LogP contribution in [0.3, 0.4) is 0 Å². The van der Waals surface area contributed by atoms with Crippen LogP contribution in [-0.2, 0) is 0 Å². The van der Waals surface area contributed by atoms with Crippen molar-refractivity contribution in [2.24, 2.45) is 0 Å². The molecule has 0 aliphatic heterocycles. The molecule has 2 heterocycles. The number of hydrogen-bond donors (Lipinski definition) is 0. The summed E-state index contributed by atoms with van der Waals surface area (Å²) < 4.78 is 8.65. The van der Waals surface area contributed by atoms with Gasteiger partial charge in [0.15, 0.2) is 0 Å². The number of thiophene rings is 2. The second-order valence-electron chi connectivity index (χ2n) is 7.83. The second kappa shape index (κ2) is 5.53. The molecule has 0 radical (unpaired) electrons. The van der Waals surface area contributed by atoms with E-state index in [4.69, 9.17) is 0 Å². The van der Waals surface area contributed by atoms with E-state index in [1.807, 2.05) is 22.7 Å². The van der Waals surface area contributed by atoms with Gasteiger partial charge in [0.25, 0.3) is 0 Å². The summed E-state index contributed by atoms with van der Waals surface area (Å²) in [6.45, 7) is 14.5. The molecule has 3 rings (SSSR count). The zero-order chi connectivity index (χ0) is 16.4. The molecule has 3 aromatic rings. The quantitative estimate of drug-likeness (QED) is 0.348. The van der Waals surface area contributed by atoms with Gasteiger partial charge in [0, 0.05) is 38.1 Å². The highest BCUT2D eigenvalue weighted by Gasteiger charge is 2.27. The summed E-state index contributed by atoms with van der Waals surface area (Å²) in [5.74, 6) is 0. The van der Waals surface area contributed by atoms with Crippen LogP contribution in [0, 0.1) is 0 Å². The van der Waals surface area contributed by atoms with E-state index in [1.165, 1.54) is 29.1 Å². The standard InChI is InChI=1S/C16H20Br2S2Si2/c1-21(2,3)15-13(17)9-7-12-10(8-11(9)19-15)14(18)16(20-12)22(4,5)6/h7-8H,1-6H3. The highest BCUT2D eigenvalue weighted by Crippen LogP contribution is 2.39. The van der Waals surface area contributed by atoms with E-state index < -0.39 is 16.1 Å². The molecular weight excluding hydrogens is 472 g/mol. The first-order valence-corrected chi connectivity index (χ1v) is 17.6. The molecule has 118 valence electrons. The summed E-state index contributed by atoms with van der Waals surface area (Å²) in [6, 6.07) is 4.79. The fourth-order valence-corrected chi connectivity index (χ4v) is 14.0. The Morgan fingerprint density at radius 2 is 1.00 bits per heavy atom. The minimum atomic E-state index is -1.30. The van der Waals surface area contributed by atoms with Crippen LogP contribution in [0.2, 0.25) is 39.3 Å². The Hall–Kier alpha value is 0.534. The Morgan fingerprint density at radius 1 is 0.682 bits per heavy atom. The van der Waals surface area contributed by atoms with Crippen LogP contribution in [0.1, 0.15) is 0 Å². The minimum absolute atomic E-state index is 1.30. The summed E-state index contributed by atoms with van der Waals surface area (Å²) in [7, 11) is -2.60. The van der Waals surface area contributed by atoms with Gasteiger partial charge in [-0.05, 0) is 44.0 Å². The molecular formula is C16H20Br2S2Si2. The first-order chi connectivity index (χ1) is 10.00. The first-order valence-electron chi connectivity index (χ1n) is 7.35. The van der Waals surface area contributed by atoms with E-state index in [0.717, 1.165) is 0 Å². The van der Waals surface area contributed by atoms with Crippen molar-refractivity contribution in [3.8, 4) is 0 Å². The monoisotopic (exact) mass is 490 g/mol. The lowest BCUT2D eigenvalue weighted by atomic mass is 10.2. The highest BCUT2D eigenvalue weighted by atomic mass is 79.9. The molecule has 0 N–H and O–H groups in total. The lowest BCUT2D eigenvalue weighted by Gasteiger charge is -2.14. The van der Waals surface area contributed by atoms with Gasteiger partial charge in [-0.25, -0.2) is 0 Å². The minimum Gasteiger partial charge on any atom is -0.144 e. The normalized spacial score (nSPS) is 13.5. The summed E-state index contributed by atoms with van der Waals surface area (Å²) in [5, 5.41) is 2.79. The Balaban J connectivity index is 2.34. The van der Waals surface area contributed by atoms with Crippen LogP contribution in [0.15, 0.2) is 21.1 Å². The summed E-state index contributed by atoms with van der Waals surface area (Å²) in [5.41, 5.74) is 0. The third-order valence-corrected chi connectivity index (χ3v) is 16.1. The molecule has 0 bridgehead atoms. The van der Waals surface area contributed by atoms with Crippen LogP contribution >= 0.6 is 54.5 Å². The fraction of sp³-hybridized carbons (Fsp3) is 0.375. The largest absolute Gasteiger partial charge is 0.144 e. The van der Waals surface area contributed by atoms with Crippen molar-refractivity contribution in [2.75, 3.05) is 0 Å². The SMILES string of the molecule is C[Si](C)(C)c1sc2cc3c(Br)c([Si](C)(C)C)sc3cc2c1Br. The lowest BCUT2D eigenvalue weighted by molar-refractivity contribution is 1.77. The smallest absolute Gasteiger partial charge is 0.0919 e. The van der Waals surface area contributed by atoms with Crippen molar-refractivity contribution in [2.45, 2.75) is 39.3 Å². The highest BCUT2D eigenvalue weighted by molar-refractivity contribution is 9.11. The summed E-state index contributed by atoms with van der Waals surface area (Å²) >= 11 is 11.7. The van der Waals surface area contributed by atoms with E-state index in [-0.39, 0.29) is 0 Å². The van der Waals surface area contributed by atoms with Gasteiger partial charge >= 0.3 is 0 Å². The Bertz CT molecular complexity index is 805. The average Bonchev–Trinajstić information content (AvgIpc) is 2.86. The number of halogens is 2. The van der Waals surface area contributed by atoms with E-state index in [2.05, 4.69) is 83.3 Å². The third-order valence-electron chi connectivity index (χ3n) is 3.74. The zero-order valence-electron chi connectivity index (χ0n) is 13.7. The van der Waals surface area contributed by atoms with Crippen LogP contribution < -0.4 is 9.00 Å². The maximum atomic E-state index is 3.88. The van der Waals surface area contributed by atoms with Gasteiger partial charge in [0.05, 0.1) is 16.1 Å². The molecule has 0 fully saturated rings. The molecule has 0 saturated heterocycles. The molecule has 0 amide bonds. The van der Waals surface area contributed by atoms with Crippen molar-refractivity contribution in [3.63, 3.8) is 0 Å². The fourth-order valence-electron chi connectivity index (χ4n) is 2.59. The number of rotatable bonds is 2. The first kappa shape index (κ1) is 17.4. The van der Waals surface area contributed by atoms with Gasteiger partial charge < -0.3 is 0 Å². The molecule has 2 aromatic heterocycles. The van der Waals surface area contributed by atoms with E-state index >= 15 is 0 Å². The van der Waals surface area contributed by atoms with Gasteiger partial charge in [-0.15, -0.1) is 22.7 Å². The van der Waals surface area contributed by atoms with Crippen molar-refractivity contribution in [1.29, 1.82) is 0 Å². The van der Waals surface area contributed by atoms with Gasteiger partial charge in [-0.2, -0.15) is 0 Å². The maximum absolute atomic E-state index is 3.88. The van der Waals surface area contributed by atoms with Crippen LogP contribution in [0.5, 0.6) is 0 Å². The molecule has 0 aliphatic carbocycles. The topological polar surface area (TPSA) is 0 Å². The van der Waals surface area contributed by atoms with Crippen molar-refractivity contribution in [1.82, 2.24) is 0 Å². The predicted octanol–water partition coefficient (Wildman–Crippen LogP) is 6.73. The van der Waals surface area contributed by atoms with E-state index in [0.29, 0.717) is 0 Å². The Kier molecular flexibility index (Phi) is 4.36. The molecule has 0 unspecified atom stereocenters. The molecule has 0 aliphatic rings. The summed E-state index contributed by atoms with van der Waals surface area (Å²) in [4.78, 5) is 0. The number of fused-ring (bicyclic) bond motifs is 2. The van der Waals surface area contributed by atoms with Crippen LogP contribution in [0.25, 0.3) is 20.2 Å². The third kappa shape index (κ3) is 2.84. The Morgan fingerprint density at radius 3 is 1.27 bits per heavy atom. The predicted molar refractivity (Wildman–Crippen MR) is 119 cm³/mol. The number of hydrogen-bond acceptors (Lipinski definition) is 2. The Labute approximate surface area is 159 Å². The van der Waals surface area contributed by atoms with Gasteiger partial charge in [-0.3, -0.25) is 0 Å². The molecule has 22 heavy (non-hydrogen) atoms.